The van der Waals surface area contributed by atoms with Crippen LogP contribution in [0.1, 0.15) is 51.9 Å². The van der Waals surface area contributed by atoms with E-state index >= 15 is 0 Å². The number of carboxylic acids is 2. The maximum atomic E-state index is 11.7. The monoisotopic (exact) mass is 320 g/mol. The van der Waals surface area contributed by atoms with Gasteiger partial charge in [0, 0.05) is 13.0 Å². The van der Waals surface area contributed by atoms with E-state index in [1.54, 1.807) is 0 Å². The van der Waals surface area contributed by atoms with Crippen LogP contribution in [-0.2, 0) is 14.3 Å². The van der Waals surface area contributed by atoms with Crippen molar-refractivity contribution in [1.82, 2.24) is 0 Å². The van der Waals surface area contributed by atoms with Crippen LogP contribution in [0.15, 0.2) is 0 Å². The molecule has 0 rings (SSSR count). The maximum Gasteiger partial charge on any atom is 0.309 e. The first-order valence-electron chi connectivity index (χ1n) is 7.70. The zero-order valence-electron chi connectivity index (χ0n) is 13.2. The summed E-state index contributed by atoms with van der Waals surface area (Å²) in [6.45, 7) is 1.67. The van der Waals surface area contributed by atoms with Crippen molar-refractivity contribution < 1.29 is 34.8 Å². The number of carbonyl (C=O) groups is 2. The van der Waals surface area contributed by atoms with Crippen molar-refractivity contribution in [2.75, 3.05) is 19.8 Å². The molecule has 0 heterocycles. The molecule has 2 unspecified atom stereocenters. The van der Waals surface area contributed by atoms with Crippen molar-refractivity contribution in [3.05, 3.63) is 0 Å². The van der Waals surface area contributed by atoms with Crippen molar-refractivity contribution in [2.24, 2.45) is 5.41 Å². The van der Waals surface area contributed by atoms with Crippen LogP contribution in [0.25, 0.3) is 0 Å². The number of hydrogen-bond acceptors (Lipinski definition) is 5. The molecule has 0 aliphatic heterocycles. The maximum absolute atomic E-state index is 11.7. The lowest BCUT2D eigenvalue weighted by molar-refractivity contribution is -0.152. The highest BCUT2D eigenvalue weighted by Crippen LogP contribution is 2.35. The van der Waals surface area contributed by atoms with Gasteiger partial charge >= 0.3 is 11.9 Å². The van der Waals surface area contributed by atoms with Gasteiger partial charge < -0.3 is 25.2 Å². The Morgan fingerprint density at radius 3 is 2.27 bits per heavy atom. The molecule has 7 nitrogen and oxygen atoms in total. The molecular formula is C15H28O7. The normalized spacial score (nSPS) is 15.2. The molecule has 4 N–H and O–H groups in total. The summed E-state index contributed by atoms with van der Waals surface area (Å²) in [6.07, 6.45) is 1.93. The van der Waals surface area contributed by atoms with Crippen molar-refractivity contribution in [2.45, 2.75) is 58.0 Å². The number of aliphatic carboxylic acids is 2. The fraction of sp³-hybridized carbons (Fsp3) is 0.867. The summed E-state index contributed by atoms with van der Waals surface area (Å²) in [7, 11) is 0. The van der Waals surface area contributed by atoms with E-state index in [-0.39, 0.29) is 26.1 Å². The minimum atomic E-state index is -0.990. The first kappa shape index (κ1) is 20.8. The summed E-state index contributed by atoms with van der Waals surface area (Å²) >= 11 is 0. The van der Waals surface area contributed by atoms with Gasteiger partial charge in [-0.15, -0.1) is 0 Å². The Kier molecular flexibility index (Phi) is 10.8. The molecule has 0 aromatic rings. The van der Waals surface area contributed by atoms with Gasteiger partial charge in [0.1, 0.15) is 6.10 Å². The first-order chi connectivity index (χ1) is 10.4. The molecule has 0 spiro atoms. The van der Waals surface area contributed by atoms with Crippen LogP contribution in [0.5, 0.6) is 0 Å². The number of aliphatic hydroxyl groups is 2. The second-order valence-electron chi connectivity index (χ2n) is 5.60. The molecule has 0 saturated heterocycles. The van der Waals surface area contributed by atoms with Crippen molar-refractivity contribution in [3.8, 4) is 0 Å². The average Bonchev–Trinajstić information content (AvgIpc) is 2.47. The highest BCUT2D eigenvalue weighted by Gasteiger charge is 2.37. The Labute approximate surface area is 130 Å². The van der Waals surface area contributed by atoms with Crippen LogP contribution in [-0.4, -0.2) is 58.3 Å². The standard InChI is InChI=1S/C15H28O7/c1-2-3-6-15(14(20)21,7-4-5-13(18)19)8-9-22-11-12(17)10-16/h12,16-17H,2-11H2,1H3,(H,18,19)(H,20,21). The van der Waals surface area contributed by atoms with E-state index in [0.29, 0.717) is 19.3 Å². The smallest absolute Gasteiger partial charge is 0.309 e. The van der Waals surface area contributed by atoms with E-state index in [0.717, 1.165) is 12.8 Å². The summed E-state index contributed by atoms with van der Waals surface area (Å²) in [5.41, 5.74) is -0.990. The fourth-order valence-corrected chi connectivity index (χ4v) is 2.33. The fourth-order valence-electron chi connectivity index (χ4n) is 2.33. The number of carboxylic acid groups (broad SMARTS) is 2. The molecule has 0 aliphatic rings. The molecule has 0 fully saturated rings. The molecule has 22 heavy (non-hydrogen) atoms. The predicted molar refractivity (Wildman–Crippen MR) is 79.6 cm³/mol. The SMILES string of the molecule is CCCCC(CCCC(=O)O)(CCOCC(O)CO)C(=O)O. The van der Waals surface area contributed by atoms with Gasteiger partial charge in [-0.25, -0.2) is 0 Å². The van der Waals surface area contributed by atoms with Crippen LogP contribution >= 0.6 is 0 Å². The van der Waals surface area contributed by atoms with Gasteiger partial charge in [0.05, 0.1) is 18.6 Å². The van der Waals surface area contributed by atoms with E-state index in [9.17, 15) is 19.8 Å². The Morgan fingerprint density at radius 2 is 1.77 bits per heavy atom. The van der Waals surface area contributed by atoms with Gasteiger partial charge in [-0.05, 0) is 25.7 Å². The summed E-state index contributed by atoms with van der Waals surface area (Å²) < 4.78 is 5.21. The summed E-state index contributed by atoms with van der Waals surface area (Å²) in [5.74, 6) is -1.87. The van der Waals surface area contributed by atoms with E-state index in [1.807, 2.05) is 6.92 Å². The lowest BCUT2D eigenvalue weighted by Crippen LogP contribution is -2.33. The third-order valence-electron chi connectivity index (χ3n) is 3.75. The van der Waals surface area contributed by atoms with Crippen LogP contribution in [0.3, 0.4) is 0 Å². The summed E-state index contributed by atoms with van der Waals surface area (Å²) in [4.78, 5) is 22.3. The van der Waals surface area contributed by atoms with Crippen LogP contribution in [0, 0.1) is 5.41 Å². The van der Waals surface area contributed by atoms with E-state index < -0.39 is 30.1 Å². The van der Waals surface area contributed by atoms with Gasteiger partial charge in [0.25, 0.3) is 0 Å². The molecule has 0 saturated carbocycles. The molecule has 0 aromatic heterocycles. The Balaban J connectivity index is 4.58. The lowest BCUT2D eigenvalue weighted by atomic mass is 9.75. The molecule has 7 heteroatoms. The van der Waals surface area contributed by atoms with Gasteiger partial charge in [-0.3, -0.25) is 9.59 Å². The van der Waals surface area contributed by atoms with E-state index in [1.165, 1.54) is 0 Å². The molecule has 0 amide bonds. The zero-order valence-corrected chi connectivity index (χ0v) is 13.2. The largest absolute Gasteiger partial charge is 0.481 e. The molecule has 0 aromatic carbocycles. The lowest BCUT2D eigenvalue weighted by Gasteiger charge is -2.29. The molecule has 0 aliphatic carbocycles. The van der Waals surface area contributed by atoms with Gasteiger partial charge in [0.15, 0.2) is 0 Å². The second kappa shape index (κ2) is 11.4. The summed E-state index contributed by atoms with van der Waals surface area (Å²) in [5, 5.41) is 36.2. The highest BCUT2D eigenvalue weighted by molar-refractivity contribution is 5.74. The molecule has 130 valence electrons. The van der Waals surface area contributed by atoms with Crippen molar-refractivity contribution in [3.63, 3.8) is 0 Å². The number of ether oxygens (including phenoxy) is 1. The van der Waals surface area contributed by atoms with Gasteiger partial charge in [0.2, 0.25) is 0 Å². The van der Waals surface area contributed by atoms with Gasteiger partial charge in [-0.2, -0.15) is 0 Å². The van der Waals surface area contributed by atoms with Gasteiger partial charge in [-0.1, -0.05) is 19.8 Å². The Morgan fingerprint density at radius 1 is 1.14 bits per heavy atom. The number of hydrogen-bond donors (Lipinski definition) is 4. The third-order valence-corrected chi connectivity index (χ3v) is 3.75. The number of unbranched alkanes of at least 4 members (excludes halogenated alkanes) is 1. The van der Waals surface area contributed by atoms with Crippen LogP contribution < -0.4 is 0 Å². The highest BCUT2D eigenvalue weighted by atomic mass is 16.5. The minimum Gasteiger partial charge on any atom is -0.481 e. The third kappa shape index (κ3) is 8.31. The summed E-state index contributed by atoms with van der Waals surface area (Å²) in [6, 6.07) is 0. The van der Waals surface area contributed by atoms with E-state index in [2.05, 4.69) is 0 Å². The quantitative estimate of drug-likeness (QED) is 0.355. The molecule has 0 radical (unpaired) electrons. The molecular weight excluding hydrogens is 292 g/mol. The van der Waals surface area contributed by atoms with Crippen molar-refractivity contribution >= 4 is 11.9 Å². The predicted octanol–water partition coefficient (Wildman–Crippen LogP) is 1.26. The van der Waals surface area contributed by atoms with Crippen molar-refractivity contribution in [1.29, 1.82) is 0 Å². The Hall–Kier alpha value is -1.18. The topological polar surface area (TPSA) is 124 Å². The average molecular weight is 320 g/mol. The first-order valence-corrected chi connectivity index (χ1v) is 7.70. The van der Waals surface area contributed by atoms with Crippen LogP contribution in [0.2, 0.25) is 0 Å². The molecule has 0 bridgehead atoms. The molecule has 2 atom stereocenters. The van der Waals surface area contributed by atoms with E-state index in [4.69, 9.17) is 14.9 Å². The number of aliphatic hydroxyl groups excluding tert-OH is 2. The Bertz CT molecular complexity index is 332. The minimum absolute atomic E-state index is 0.0465. The second-order valence-corrected chi connectivity index (χ2v) is 5.60. The number of rotatable bonds is 14. The van der Waals surface area contributed by atoms with Crippen LogP contribution in [0.4, 0.5) is 0 Å². The zero-order chi connectivity index (χ0) is 17.0.